The van der Waals surface area contributed by atoms with Crippen LogP contribution in [0.25, 0.3) is 0 Å². The third-order valence-electron chi connectivity index (χ3n) is 2.52. The van der Waals surface area contributed by atoms with Gasteiger partial charge in [-0.2, -0.15) is 5.10 Å². The van der Waals surface area contributed by atoms with E-state index in [2.05, 4.69) is 10.4 Å². The second-order valence-electron chi connectivity index (χ2n) is 4.06. The normalized spacial score (nSPS) is 12.2. The number of amides is 1. The second kappa shape index (κ2) is 6.18. The zero-order valence-corrected chi connectivity index (χ0v) is 10.6. The molecule has 94 valence electrons. The number of carbonyl (C=O) groups is 1. The Kier molecular flexibility index (Phi) is 4.87. The maximum Gasteiger partial charge on any atom is 0.271 e. The Labute approximate surface area is 101 Å². The van der Waals surface area contributed by atoms with E-state index in [1.165, 1.54) is 16.8 Å². The molecule has 5 heteroatoms. The summed E-state index contributed by atoms with van der Waals surface area (Å²) in [5.74, 6) is -0.232. The highest BCUT2D eigenvalue weighted by molar-refractivity contribution is 5.92. The number of aryl methyl sites for hydroxylation is 1. The molecule has 1 aromatic heterocycles. The van der Waals surface area contributed by atoms with Gasteiger partial charge in [-0.15, -0.1) is 0 Å². The molecule has 0 saturated carbocycles. The number of carbonyl (C=O) groups excluding carboxylic acids is 1. The summed E-state index contributed by atoms with van der Waals surface area (Å²) < 4.78 is 1.32. The molecule has 0 saturated heterocycles. The smallest absolute Gasteiger partial charge is 0.271 e. The molecule has 1 aromatic rings. The van der Waals surface area contributed by atoms with Crippen molar-refractivity contribution in [2.75, 3.05) is 0 Å². The van der Waals surface area contributed by atoms with Gasteiger partial charge in [0.05, 0.1) is 0 Å². The highest BCUT2D eigenvalue weighted by atomic mass is 16.2. The van der Waals surface area contributed by atoms with Gasteiger partial charge in [0, 0.05) is 18.7 Å². The quantitative estimate of drug-likeness (QED) is 0.836. The van der Waals surface area contributed by atoms with Crippen LogP contribution >= 0.6 is 0 Å². The third-order valence-corrected chi connectivity index (χ3v) is 2.52. The van der Waals surface area contributed by atoms with Crippen molar-refractivity contribution in [1.29, 1.82) is 0 Å². The van der Waals surface area contributed by atoms with Crippen LogP contribution < -0.4 is 10.9 Å². The van der Waals surface area contributed by atoms with Gasteiger partial charge in [0.1, 0.15) is 5.69 Å². The molecule has 17 heavy (non-hydrogen) atoms. The van der Waals surface area contributed by atoms with Crippen LogP contribution in [0.5, 0.6) is 0 Å². The lowest BCUT2D eigenvalue weighted by molar-refractivity contribution is 0.0931. The van der Waals surface area contributed by atoms with E-state index in [1.807, 2.05) is 20.8 Å². The fourth-order valence-corrected chi connectivity index (χ4v) is 1.34. The Morgan fingerprint density at radius 3 is 2.76 bits per heavy atom. The van der Waals surface area contributed by atoms with Gasteiger partial charge in [-0.3, -0.25) is 9.59 Å². The topological polar surface area (TPSA) is 64.0 Å². The van der Waals surface area contributed by atoms with Gasteiger partial charge in [-0.25, -0.2) is 4.68 Å². The first-order chi connectivity index (χ1) is 8.08. The van der Waals surface area contributed by atoms with Crippen molar-refractivity contribution in [2.24, 2.45) is 0 Å². The minimum Gasteiger partial charge on any atom is -0.348 e. The average molecular weight is 237 g/mol. The summed E-state index contributed by atoms with van der Waals surface area (Å²) >= 11 is 0. The summed E-state index contributed by atoms with van der Waals surface area (Å²) in [6.45, 7) is 6.42. The van der Waals surface area contributed by atoms with Crippen LogP contribution in [0.4, 0.5) is 0 Å². The Hall–Kier alpha value is -1.65. The van der Waals surface area contributed by atoms with E-state index in [9.17, 15) is 9.59 Å². The van der Waals surface area contributed by atoms with Gasteiger partial charge in [-0.05, 0) is 25.8 Å². The summed E-state index contributed by atoms with van der Waals surface area (Å²) in [5, 5.41) is 6.86. The Balaban J connectivity index is 2.87. The molecule has 1 atom stereocenters. The van der Waals surface area contributed by atoms with Gasteiger partial charge >= 0.3 is 0 Å². The van der Waals surface area contributed by atoms with Gasteiger partial charge in [0.15, 0.2) is 0 Å². The van der Waals surface area contributed by atoms with Crippen molar-refractivity contribution in [2.45, 2.75) is 46.2 Å². The van der Waals surface area contributed by atoms with Crippen LogP contribution in [0.3, 0.4) is 0 Å². The van der Waals surface area contributed by atoms with E-state index >= 15 is 0 Å². The molecule has 1 amide bonds. The minimum absolute atomic E-state index is 0.107. The summed E-state index contributed by atoms with van der Waals surface area (Å²) in [5.41, 5.74) is 0.116. The molecule has 0 fully saturated rings. The van der Waals surface area contributed by atoms with Gasteiger partial charge in [0.25, 0.3) is 11.5 Å². The third kappa shape index (κ3) is 3.69. The maximum atomic E-state index is 11.8. The van der Waals surface area contributed by atoms with Crippen LogP contribution in [0, 0.1) is 0 Å². The molecule has 0 spiro atoms. The molecule has 0 aromatic carbocycles. The number of nitrogens with one attached hydrogen (secondary N) is 1. The number of hydrogen-bond donors (Lipinski definition) is 1. The van der Waals surface area contributed by atoms with Crippen molar-refractivity contribution < 1.29 is 4.79 Å². The summed E-state index contributed by atoms with van der Waals surface area (Å²) in [7, 11) is 0. The molecule has 1 unspecified atom stereocenters. The maximum absolute atomic E-state index is 11.8. The van der Waals surface area contributed by atoms with Crippen LogP contribution in [0.1, 0.15) is 44.1 Å². The molecule has 0 radical (unpaired) electrons. The summed E-state index contributed by atoms with van der Waals surface area (Å²) in [6.07, 6.45) is 1.67. The van der Waals surface area contributed by atoms with Crippen LogP contribution in [0.2, 0.25) is 0 Å². The van der Waals surface area contributed by atoms with Gasteiger partial charge < -0.3 is 5.32 Å². The molecule has 1 N–H and O–H groups in total. The van der Waals surface area contributed by atoms with Crippen molar-refractivity contribution in [3.8, 4) is 0 Å². The monoisotopic (exact) mass is 237 g/mol. The van der Waals surface area contributed by atoms with Gasteiger partial charge in [0.2, 0.25) is 0 Å². The molecule has 1 rings (SSSR count). The van der Waals surface area contributed by atoms with Crippen molar-refractivity contribution in [1.82, 2.24) is 15.1 Å². The number of rotatable bonds is 5. The molecule has 0 aliphatic rings. The molecular weight excluding hydrogens is 218 g/mol. The molecule has 5 nitrogen and oxygen atoms in total. The Morgan fingerprint density at radius 1 is 1.47 bits per heavy atom. The first kappa shape index (κ1) is 13.4. The Bertz CT molecular complexity index is 440. The van der Waals surface area contributed by atoms with Gasteiger partial charge in [-0.1, -0.05) is 13.8 Å². The van der Waals surface area contributed by atoms with Crippen LogP contribution in [-0.4, -0.2) is 21.7 Å². The first-order valence-corrected chi connectivity index (χ1v) is 5.97. The van der Waals surface area contributed by atoms with E-state index < -0.39 is 0 Å². The minimum atomic E-state index is -0.232. The highest BCUT2D eigenvalue weighted by Gasteiger charge is 2.11. The standard InChI is InChI=1S/C12H19N3O2/c1-4-8-15-11(16)7-6-10(14-15)12(17)13-9(3)5-2/h6-7,9H,4-5,8H2,1-3H3,(H,13,17). The number of hydrogen-bond acceptors (Lipinski definition) is 3. The number of aromatic nitrogens is 2. The van der Waals surface area contributed by atoms with E-state index in [1.54, 1.807) is 0 Å². The van der Waals surface area contributed by atoms with Crippen molar-refractivity contribution >= 4 is 5.91 Å². The van der Waals surface area contributed by atoms with E-state index in [0.29, 0.717) is 12.2 Å². The second-order valence-corrected chi connectivity index (χ2v) is 4.06. The lowest BCUT2D eigenvalue weighted by atomic mass is 10.2. The SMILES string of the molecule is CCCn1nc(C(=O)NC(C)CC)ccc1=O. The van der Waals surface area contributed by atoms with Crippen LogP contribution in [-0.2, 0) is 6.54 Å². The lowest BCUT2D eigenvalue weighted by Gasteiger charge is -2.11. The largest absolute Gasteiger partial charge is 0.348 e. The summed E-state index contributed by atoms with van der Waals surface area (Å²) in [6, 6.07) is 2.95. The molecule has 1 heterocycles. The van der Waals surface area contributed by atoms with Crippen molar-refractivity contribution in [3.63, 3.8) is 0 Å². The molecule has 0 aliphatic carbocycles. The summed E-state index contributed by atoms with van der Waals surface area (Å²) in [4.78, 5) is 23.2. The van der Waals surface area contributed by atoms with E-state index in [-0.39, 0.29) is 17.5 Å². The average Bonchev–Trinajstić information content (AvgIpc) is 2.32. The molecule has 0 aliphatic heterocycles. The zero-order valence-electron chi connectivity index (χ0n) is 10.6. The fourth-order valence-electron chi connectivity index (χ4n) is 1.34. The molecular formula is C12H19N3O2. The van der Waals surface area contributed by atoms with Crippen LogP contribution in [0.15, 0.2) is 16.9 Å². The Morgan fingerprint density at radius 2 is 2.18 bits per heavy atom. The fraction of sp³-hybridized carbons (Fsp3) is 0.583. The highest BCUT2D eigenvalue weighted by Crippen LogP contribution is 1.95. The predicted molar refractivity (Wildman–Crippen MR) is 66.0 cm³/mol. The first-order valence-electron chi connectivity index (χ1n) is 5.97. The zero-order chi connectivity index (χ0) is 12.8. The number of nitrogens with zero attached hydrogens (tertiary/aromatic N) is 2. The van der Waals surface area contributed by atoms with Crippen molar-refractivity contribution in [3.05, 3.63) is 28.2 Å². The lowest BCUT2D eigenvalue weighted by Crippen LogP contribution is -2.34. The predicted octanol–water partition coefficient (Wildman–Crippen LogP) is 1.18. The molecule has 0 bridgehead atoms. The van der Waals surface area contributed by atoms with E-state index in [0.717, 1.165) is 12.8 Å². The van der Waals surface area contributed by atoms with E-state index in [4.69, 9.17) is 0 Å².